The third-order valence-electron chi connectivity index (χ3n) is 3.70. The Hall–Kier alpha value is -3.08. The van der Waals surface area contributed by atoms with Crippen molar-refractivity contribution in [2.24, 2.45) is 0 Å². The molecule has 2 aromatic carbocycles. The molecule has 0 aromatic heterocycles. The highest BCUT2D eigenvalue weighted by atomic mass is 16.7. The first-order valence-corrected chi connectivity index (χ1v) is 7.99. The molecule has 1 aliphatic rings. The summed E-state index contributed by atoms with van der Waals surface area (Å²) in [6, 6.07) is 17.4. The van der Waals surface area contributed by atoms with Crippen molar-refractivity contribution in [3.63, 3.8) is 0 Å². The van der Waals surface area contributed by atoms with Gasteiger partial charge in [0.1, 0.15) is 12.4 Å². The number of carbonyl (C=O) groups excluding carboxylic acids is 2. The van der Waals surface area contributed by atoms with Gasteiger partial charge in [-0.15, -0.1) is 0 Å². The molecule has 0 amide bonds. The van der Waals surface area contributed by atoms with E-state index in [9.17, 15) is 9.59 Å². The van der Waals surface area contributed by atoms with Crippen molar-refractivity contribution in [3.05, 3.63) is 65.7 Å². The first kappa shape index (κ1) is 16.8. The van der Waals surface area contributed by atoms with E-state index < -0.39 is 24.1 Å². The van der Waals surface area contributed by atoms with Gasteiger partial charge < -0.3 is 14.2 Å². The Labute approximate surface area is 145 Å². The molecule has 1 aliphatic heterocycles. The minimum Gasteiger partial charge on any atom is -0.489 e. The monoisotopic (exact) mass is 338 g/mol. The highest BCUT2D eigenvalue weighted by Crippen LogP contribution is 2.17. The molecule has 2 atom stereocenters. The Morgan fingerprint density at radius 1 is 0.880 bits per heavy atom. The molecule has 0 spiro atoms. The number of hydrogen-bond acceptors (Lipinski definition) is 5. The van der Waals surface area contributed by atoms with E-state index in [1.54, 1.807) is 12.1 Å². The van der Waals surface area contributed by atoms with Crippen LogP contribution in [0.1, 0.15) is 18.1 Å². The summed E-state index contributed by atoms with van der Waals surface area (Å²) in [4.78, 5) is 23.1. The second-order valence-electron chi connectivity index (χ2n) is 5.63. The lowest BCUT2D eigenvalue weighted by Gasteiger charge is -2.25. The van der Waals surface area contributed by atoms with Gasteiger partial charge >= 0.3 is 11.9 Å². The van der Waals surface area contributed by atoms with Gasteiger partial charge in [-0.2, -0.15) is 0 Å². The summed E-state index contributed by atoms with van der Waals surface area (Å²) in [7, 11) is 0. The molecule has 0 saturated carbocycles. The number of cyclic esters (lactones) is 2. The Bertz CT molecular complexity index is 764. The first-order valence-electron chi connectivity index (χ1n) is 7.99. The van der Waals surface area contributed by atoms with Crippen molar-refractivity contribution in [2.45, 2.75) is 19.1 Å². The second kappa shape index (κ2) is 7.66. The molecule has 5 nitrogen and oxygen atoms in total. The molecule has 1 heterocycles. The fourth-order valence-electron chi connectivity index (χ4n) is 2.29. The number of carbonyl (C=O) groups is 2. The maximum Gasteiger partial charge on any atom is 0.351 e. The molecular weight excluding hydrogens is 320 g/mol. The zero-order valence-electron chi connectivity index (χ0n) is 13.8. The summed E-state index contributed by atoms with van der Waals surface area (Å²) in [5.74, 6) is -0.566. The summed E-state index contributed by atoms with van der Waals surface area (Å²) < 4.78 is 15.4. The van der Waals surface area contributed by atoms with Crippen molar-refractivity contribution in [1.29, 1.82) is 0 Å². The summed E-state index contributed by atoms with van der Waals surface area (Å²) in [5, 5.41) is 0. The number of benzene rings is 2. The minimum atomic E-state index is -1.03. The molecule has 0 bridgehead atoms. The van der Waals surface area contributed by atoms with Crippen molar-refractivity contribution in [3.8, 4) is 5.75 Å². The number of ether oxygens (including phenoxy) is 3. The predicted molar refractivity (Wildman–Crippen MR) is 92.7 cm³/mol. The SMILES string of the molecule is CC1OC(=O)C(COc2ccc(/C=C/c3ccccc3)cc2)OC1=O. The fraction of sp³-hybridized carbons (Fsp3) is 0.200. The zero-order chi connectivity index (χ0) is 17.6. The van der Waals surface area contributed by atoms with Gasteiger partial charge in [0.25, 0.3) is 0 Å². The van der Waals surface area contributed by atoms with E-state index in [-0.39, 0.29) is 6.61 Å². The van der Waals surface area contributed by atoms with E-state index in [2.05, 4.69) is 0 Å². The maximum absolute atomic E-state index is 11.7. The smallest absolute Gasteiger partial charge is 0.351 e. The Morgan fingerprint density at radius 3 is 2.20 bits per heavy atom. The fourth-order valence-corrected chi connectivity index (χ4v) is 2.29. The van der Waals surface area contributed by atoms with Crippen LogP contribution < -0.4 is 4.74 Å². The molecule has 2 aromatic rings. The summed E-state index contributed by atoms with van der Waals surface area (Å²) in [6.45, 7) is 1.40. The van der Waals surface area contributed by atoms with Gasteiger partial charge in [0.15, 0.2) is 6.10 Å². The standard InChI is InChI=1S/C20H18O5/c1-14-19(21)25-18(20(22)24-14)13-23-17-11-9-16(10-12-17)8-7-15-5-3-2-4-6-15/h2-12,14,18H,13H2,1H3/b8-7+. The Balaban J connectivity index is 1.55. The van der Waals surface area contributed by atoms with E-state index in [1.165, 1.54) is 6.92 Å². The van der Waals surface area contributed by atoms with E-state index >= 15 is 0 Å². The quantitative estimate of drug-likeness (QED) is 0.619. The van der Waals surface area contributed by atoms with E-state index in [0.717, 1.165) is 11.1 Å². The molecule has 128 valence electrons. The molecule has 3 rings (SSSR count). The van der Waals surface area contributed by atoms with Gasteiger partial charge in [-0.05, 0) is 30.2 Å². The van der Waals surface area contributed by atoms with Gasteiger partial charge in [-0.25, -0.2) is 9.59 Å². The van der Waals surface area contributed by atoms with Crippen LogP contribution in [0.5, 0.6) is 5.75 Å². The lowest BCUT2D eigenvalue weighted by atomic mass is 10.1. The normalized spacial score (nSPS) is 20.2. The largest absolute Gasteiger partial charge is 0.489 e. The van der Waals surface area contributed by atoms with Crippen LogP contribution in [-0.2, 0) is 19.1 Å². The second-order valence-corrected chi connectivity index (χ2v) is 5.63. The van der Waals surface area contributed by atoms with Crippen molar-refractivity contribution < 1.29 is 23.8 Å². The van der Waals surface area contributed by atoms with Crippen LogP contribution in [0.3, 0.4) is 0 Å². The van der Waals surface area contributed by atoms with Crippen LogP contribution >= 0.6 is 0 Å². The number of rotatable bonds is 5. The van der Waals surface area contributed by atoms with E-state index in [0.29, 0.717) is 5.75 Å². The van der Waals surface area contributed by atoms with Crippen molar-refractivity contribution in [2.75, 3.05) is 6.61 Å². The Morgan fingerprint density at radius 2 is 1.52 bits per heavy atom. The third kappa shape index (κ3) is 4.47. The molecule has 25 heavy (non-hydrogen) atoms. The van der Waals surface area contributed by atoms with Crippen LogP contribution in [0.4, 0.5) is 0 Å². The van der Waals surface area contributed by atoms with Crippen LogP contribution in [0.2, 0.25) is 0 Å². The van der Waals surface area contributed by atoms with Gasteiger partial charge in [0.2, 0.25) is 6.10 Å². The maximum atomic E-state index is 11.7. The average molecular weight is 338 g/mol. The number of esters is 2. The van der Waals surface area contributed by atoms with Gasteiger partial charge in [0.05, 0.1) is 0 Å². The summed E-state index contributed by atoms with van der Waals surface area (Å²) in [6.07, 6.45) is 2.13. The van der Waals surface area contributed by atoms with E-state index in [1.807, 2.05) is 54.6 Å². The van der Waals surface area contributed by atoms with Crippen molar-refractivity contribution in [1.82, 2.24) is 0 Å². The molecule has 1 saturated heterocycles. The first-order chi connectivity index (χ1) is 12.1. The molecule has 5 heteroatoms. The highest BCUT2D eigenvalue weighted by Gasteiger charge is 2.36. The molecule has 2 unspecified atom stereocenters. The minimum absolute atomic E-state index is 0.0729. The van der Waals surface area contributed by atoms with E-state index in [4.69, 9.17) is 14.2 Å². The molecule has 0 aliphatic carbocycles. The topological polar surface area (TPSA) is 61.8 Å². The lowest BCUT2D eigenvalue weighted by Crippen LogP contribution is -2.45. The van der Waals surface area contributed by atoms with Crippen LogP contribution in [-0.4, -0.2) is 30.8 Å². The third-order valence-corrected chi connectivity index (χ3v) is 3.70. The van der Waals surface area contributed by atoms with Crippen LogP contribution in [0.15, 0.2) is 54.6 Å². The lowest BCUT2D eigenvalue weighted by molar-refractivity contribution is -0.195. The van der Waals surface area contributed by atoms with Crippen LogP contribution in [0.25, 0.3) is 12.2 Å². The summed E-state index contributed by atoms with van der Waals surface area (Å²) in [5.41, 5.74) is 2.14. The van der Waals surface area contributed by atoms with Crippen molar-refractivity contribution >= 4 is 24.1 Å². The molecule has 1 fully saturated rings. The molecule has 0 N–H and O–H groups in total. The molecule has 0 radical (unpaired) electrons. The Kier molecular flexibility index (Phi) is 5.14. The molecular formula is C20H18O5. The predicted octanol–water partition coefficient (Wildman–Crippen LogP) is 3.09. The number of hydrogen-bond donors (Lipinski definition) is 0. The van der Waals surface area contributed by atoms with Gasteiger partial charge in [0, 0.05) is 0 Å². The zero-order valence-corrected chi connectivity index (χ0v) is 13.8. The summed E-state index contributed by atoms with van der Waals surface area (Å²) >= 11 is 0. The van der Waals surface area contributed by atoms with Gasteiger partial charge in [-0.1, -0.05) is 54.6 Å². The van der Waals surface area contributed by atoms with Gasteiger partial charge in [-0.3, -0.25) is 0 Å². The average Bonchev–Trinajstić information content (AvgIpc) is 2.64. The highest BCUT2D eigenvalue weighted by molar-refractivity contribution is 5.87. The van der Waals surface area contributed by atoms with Crippen LogP contribution in [0, 0.1) is 0 Å².